The Morgan fingerprint density at radius 3 is 2.33 bits per heavy atom. The first kappa shape index (κ1) is 20.1. The minimum Gasteiger partial charge on any atom is -0.352 e. The molecule has 0 spiro atoms. The Bertz CT molecular complexity index is 1080. The Hall–Kier alpha value is -1.86. The summed E-state index contributed by atoms with van der Waals surface area (Å²) in [4.78, 5) is 6.28. The molecule has 1 aromatic heterocycles. The molecule has 0 bridgehead atoms. The van der Waals surface area contributed by atoms with E-state index in [0.717, 1.165) is 42.8 Å². The van der Waals surface area contributed by atoms with Gasteiger partial charge in [-0.15, -0.1) is 10.2 Å². The summed E-state index contributed by atoms with van der Waals surface area (Å²) in [5.74, 6) is 0.936. The molecular formula is C23H26ClN5S. The van der Waals surface area contributed by atoms with Crippen LogP contribution in [0.4, 0.5) is 5.82 Å². The Morgan fingerprint density at radius 1 is 0.933 bits per heavy atom. The Balaban J connectivity index is 1.32. The molecule has 5 nitrogen and oxygen atoms in total. The Labute approximate surface area is 187 Å². The normalized spacial score (nSPS) is 20.5. The van der Waals surface area contributed by atoms with Gasteiger partial charge in [0.05, 0.1) is 11.7 Å². The fourth-order valence-electron chi connectivity index (χ4n) is 4.68. The van der Waals surface area contributed by atoms with Crippen LogP contribution >= 0.6 is 23.5 Å². The van der Waals surface area contributed by atoms with Crippen LogP contribution in [0.2, 0.25) is 5.15 Å². The molecule has 2 aromatic carbocycles. The number of fused-ring (bicyclic) bond motifs is 2. The van der Waals surface area contributed by atoms with Crippen molar-refractivity contribution in [1.82, 2.24) is 19.4 Å². The summed E-state index contributed by atoms with van der Waals surface area (Å²) in [5, 5.41) is 11.1. The highest BCUT2D eigenvalue weighted by Crippen LogP contribution is 2.49. The third-order valence-electron chi connectivity index (χ3n) is 6.40. The van der Waals surface area contributed by atoms with E-state index in [1.807, 2.05) is 30.1 Å². The molecule has 1 unspecified atom stereocenters. The summed E-state index contributed by atoms with van der Waals surface area (Å²) in [7, 11) is 0. The van der Waals surface area contributed by atoms with Gasteiger partial charge in [0.2, 0.25) is 0 Å². The number of hydrogen-bond acceptors (Lipinski definition) is 6. The third-order valence-corrected chi connectivity index (χ3v) is 8.19. The zero-order valence-electron chi connectivity index (χ0n) is 17.5. The molecular weight excluding hydrogens is 414 g/mol. The van der Waals surface area contributed by atoms with Gasteiger partial charge in [-0.1, -0.05) is 54.1 Å². The summed E-state index contributed by atoms with van der Waals surface area (Å²) in [6, 6.07) is 16.9. The molecule has 1 saturated heterocycles. The topological polar surface area (TPSA) is 35.5 Å². The van der Waals surface area contributed by atoms with Gasteiger partial charge >= 0.3 is 0 Å². The highest BCUT2D eigenvalue weighted by Gasteiger charge is 2.42. The number of piperazine rings is 1. The van der Waals surface area contributed by atoms with Crippen LogP contribution < -0.4 is 4.90 Å². The lowest BCUT2D eigenvalue weighted by atomic mass is 9.94. The summed E-state index contributed by atoms with van der Waals surface area (Å²) >= 11 is 8.15. The molecule has 0 aliphatic carbocycles. The largest absolute Gasteiger partial charge is 0.352 e. The van der Waals surface area contributed by atoms with Gasteiger partial charge in [-0.25, -0.2) is 4.31 Å². The van der Waals surface area contributed by atoms with Gasteiger partial charge in [0.1, 0.15) is 0 Å². The van der Waals surface area contributed by atoms with Crippen LogP contribution in [0.15, 0.2) is 53.4 Å². The number of halogens is 1. The van der Waals surface area contributed by atoms with Crippen LogP contribution in [0.1, 0.15) is 26.3 Å². The molecule has 156 valence electrons. The lowest BCUT2D eigenvalue weighted by Gasteiger charge is -2.45. The second kappa shape index (κ2) is 7.68. The number of anilines is 1. The first-order chi connectivity index (χ1) is 14.5. The van der Waals surface area contributed by atoms with Gasteiger partial charge in [-0.2, -0.15) is 0 Å². The van der Waals surface area contributed by atoms with E-state index in [2.05, 4.69) is 75.4 Å². The first-order valence-electron chi connectivity index (χ1n) is 10.4. The van der Waals surface area contributed by atoms with Gasteiger partial charge in [0, 0.05) is 41.8 Å². The van der Waals surface area contributed by atoms with E-state index in [1.165, 1.54) is 10.5 Å². The molecule has 1 atom stereocenters. The van der Waals surface area contributed by atoms with E-state index in [9.17, 15) is 0 Å². The quantitative estimate of drug-likeness (QED) is 0.534. The lowest BCUT2D eigenvalue weighted by molar-refractivity contribution is 0.0630. The van der Waals surface area contributed by atoms with Crippen molar-refractivity contribution in [3.63, 3.8) is 0 Å². The highest BCUT2D eigenvalue weighted by atomic mass is 35.5. The average molecular weight is 440 g/mol. The second-order valence-corrected chi connectivity index (χ2v) is 9.86. The number of rotatable bonds is 3. The SMILES string of the molecule is CC(N1CCN(c2nnc(Cl)c3ccccc23)CC1)N1Sc2ccccc2C1(C)C. The highest BCUT2D eigenvalue weighted by molar-refractivity contribution is 7.97. The first-order valence-corrected chi connectivity index (χ1v) is 11.6. The van der Waals surface area contributed by atoms with Crippen molar-refractivity contribution in [2.45, 2.75) is 37.4 Å². The molecule has 5 rings (SSSR count). The summed E-state index contributed by atoms with van der Waals surface area (Å²) in [6.07, 6.45) is 0.340. The summed E-state index contributed by atoms with van der Waals surface area (Å²) < 4.78 is 2.55. The maximum absolute atomic E-state index is 6.26. The van der Waals surface area contributed by atoms with E-state index < -0.39 is 0 Å². The summed E-state index contributed by atoms with van der Waals surface area (Å²) in [5.41, 5.74) is 1.43. The van der Waals surface area contributed by atoms with E-state index in [0.29, 0.717) is 11.3 Å². The fraction of sp³-hybridized carbons (Fsp3) is 0.391. The van der Waals surface area contributed by atoms with Crippen LogP contribution in [-0.4, -0.2) is 51.7 Å². The van der Waals surface area contributed by atoms with Crippen molar-refractivity contribution in [2.75, 3.05) is 31.1 Å². The van der Waals surface area contributed by atoms with E-state index in [4.69, 9.17) is 11.6 Å². The van der Waals surface area contributed by atoms with Gasteiger partial charge in [-0.3, -0.25) is 4.90 Å². The molecule has 7 heteroatoms. The van der Waals surface area contributed by atoms with E-state index in [1.54, 1.807) is 0 Å². The molecule has 0 saturated carbocycles. The number of benzene rings is 2. The van der Waals surface area contributed by atoms with Crippen molar-refractivity contribution < 1.29 is 0 Å². The molecule has 3 aromatic rings. The molecule has 30 heavy (non-hydrogen) atoms. The van der Waals surface area contributed by atoms with Gasteiger partial charge in [0.15, 0.2) is 11.0 Å². The Kier molecular flexibility index (Phi) is 5.14. The zero-order chi connectivity index (χ0) is 20.9. The molecule has 0 radical (unpaired) electrons. The van der Waals surface area contributed by atoms with Gasteiger partial charge in [-0.05, 0) is 44.3 Å². The number of nitrogens with zero attached hydrogens (tertiary/aromatic N) is 5. The fourth-order valence-corrected chi connectivity index (χ4v) is 6.26. The molecule has 3 heterocycles. The lowest BCUT2D eigenvalue weighted by Crippen LogP contribution is -2.55. The van der Waals surface area contributed by atoms with Crippen molar-refractivity contribution in [3.05, 3.63) is 59.2 Å². The van der Waals surface area contributed by atoms with Crippen molar-refractivity contribution in [2.24, 2.45) is 0 Å². The van der Waals surface area contributed by atoms with Crippen molar-refractivity contribution >= 4 is 40.1 Å². The summed E-state index contributed by atoms with van der Waals surface area (Å²) in [6.45, 7) is 10.8. The van der Waals surface area contributed by atoms with Crippen LogP contribution in [0, 0.1) is 0 Å². The molecule has 0 N–H and O–H groups in total. The van der Waals surface area contributed by atoms with Crippen LogP contribution in [0.25, 0.3) is 10.8 Å². The van der Waals surface area contributed by atoms with Gasteiger partial charge in [0.25, 0.3) is 0 Å². The van der Waals surface area contributed by atoms with Crippen LogP contribution in [0.5, 0.6) is 0 Å². The number of aromatic nitrogens is 2. The maximum atomic E-state index is 6.26. The standard InChI is InChI=1S/C23H26ClN5S/c1-16(29-23(2,3)19-10-6-7-11-20(19)30-29)27-12-14-28(15-13-27)22-18-9-5-4-8-17(18)21(24)25-26-22/h4-11,16H,12-15H2,1-3H3. The van der Waals surface area contributed by atoms with Crippen LogP contribution in [-0.2, 0) is 5.54 Å². The zero-order valence-corrected chi connectivity index (χ0v) is 19.1. The van der Waals surface area contributed by atoms with E-state index >= 15 is 0 Å². The van der Waals surface area contributed by atoms with Gasteiger partial charge < -0.3 is 4.90 Å². The Morgan fingerprint density at radius 2 is 1.60 bits per heavy atom. The van der Waals surface area contributed by atoms with Crippen LogP contribution in [0.3, 0.4) is 0 Å². The minimum absolute atomic E-state index is 0.00959. The molecule has 0 amide bonds. The minimum atomic E-state index is 0.00959. The van der Waals surface area contributed by atoms with E-state index in [-0.39, 0.29) is 5.54 Å². The molecule has 2 aliphatic heterocycles. The predicted molar refractivity (Wildman–Crippen MR) is 125 cm³/mol. The second-order valence-electron chi connectivity index (χ2n) is 8.49. The average Bonchev–Trinajstić information content (AvgIpc) is 3.05. The molecule has 2 aliphatic rings. The van der Waals surface area contributed by atoms with Crippen molar-refractivity contribution in [3.8, 4) is 0 Å². The number of hydrogen-bond donors (Lipinski definition) is 0. The maximum Gasteiger partial charge on any atom is 0.159 e. The smallest absolute Gasteiger partial charge is 0.159 e. The van der Waals surface area contributed by atoms with Crippen molar-refractivity contribution in [1.29, 1.82) is 0 Å². The third kappa shape index (κ3) is 3.26. The monoisotopic (exact) mass is 439 g/mol. The predicted octanol–water partition coefficient (Wildman–Crippen LogP) is 5.01. The molecule has 1 fully saturated rings.